The number of imidazole rings is 1. The summed E-state index contributed by atoms with van der Waals surface area (Å²) in [5, 5.41) is 1.20. The van der Waals surface area contributed by atoms with Gasteiger partial charge in [0.05, 0.1) is 11.7 Å². The van der Waals surface area contributed by atoms with Crippen LogP contribution in [0.4, 0.5) is 8.78 Å². The van der Waals surface area contributed by atoms with Crippen molar-refractivity contribution in [3.8, 4) is 0 Å². The van der Waals surface area contributed by atoms with Crippen molar-refractivity contribution in [2.24, 2.45) is 0 Å². The number of hydrogen-bond donors (Lipinski definition) is 1. The van der Waals surface area contributed by atoms with E-state index in [1.807, 2.05) is 17.6 Å². The summed E-state index contributed by atoms with van der Waals surface area (Å²) < 4.78 is 27.6. The first-order chi connectivity index (χ1) is 9.54. The van der Waals surface area contributed by atoms with Crippen LogP contribution in [0.1, 0.15) is 5.82 Å². The Balaban J connectivity index is 1.85. The van der Waals surface area contributed by atoms with Crippen molar-refractivity contribution in [1.82, 2.24) is 25.1 Å². The van der Waals surface area contributed by atoms with Crippen LogP contribution in [0, 0.1) is 6.92 Å². The van der Waals surface area contributed by atoms with Crippen LogP contribution in [0.15, 0.2) is 28.7 Å². The van der Waals surface area contributed by atoms with Gasteiger partial charge in [-0.05, 0) is 34.1 Å². The summed E-state index contributed by atoms with van der Waals surface area (Å²) in [4.78, 5) is 13.5. The number of alkyl halides is 2. The Bertz CT molecular complexity index is 687. The van der Waals surface area contributed by atoms with Gasteiger partial charge in [0.25, 0.3) is 6.43 Å². The minimum absolute atomic E-state index is 0.202. The molecular weight excluding hydrogens is 336 g/mol. The van der Waals surface area contributed by atoms with Crippen LogP contribution < -0.4 is 5.43 Å². The zero-order valence-electron chi connectivity index (χ0n) is 10.3. The second kappa shape index (κ2) is 4.98. The summed E-state index contributed by atoms with van der Waals surface area (Å²) in [6.07, 6.45) is 0.136. The number of pyridine rings is 1. The molecule has 0 atom stereocenters. The molecule has 0 bridgehead atoms. The van der Waals surface area contributed by atoms with E-state index >= 15 is 0 Å². The number of aryl methyl sites for hydroxylation is 1. The van der Waals surface area contributed by atoms with Gasteiger partial charge < -0.3 is 9.40 Å². The molecule has 0 aromatic carbocycles. The van der Waals surface area contributed by atoms with Crippen LogP contribution in [0.3, 0.4) is 0 Å². The Morgan fingerprint density at radius 1 is 1.50 bits per heavy atom. The molecule has 20 heavy (non-hydrogen) atoms. The number of hydrogen-bond acceptors (Lipinski definition) is 5. The molecule has 0 saturated carbocycles. The highest BCUT2D eigenvalue weighted by atomic mass is 79.9. The molecular formula is C11H10BrF2N5O. The fourth-order valence-corrected chi connectivity index (χ4v) is 2.21. The predicted octanol–water partition coefficient (Wildman–Crippen LogP) is 2.32. The lowest BCUT2D eigenvalue weighted by atomic mass is 10.4. The van der Waals surface area contributed by atoms with E-state index < -0.39 is 12.2 Å². The topological polar surface area (TPSA) is 55.2 Å². The number of halogens is 3. The normalized spacial score (nSPS) is 15.6. The number of rotatable bonds is 3. The molecule has 0 aliphatic carbocycles. The summed E-state index contributed by atoms with van der Waals surface area (Å²) in [7, 11) is 0. The van der Waals surface area contributed by atoms with E-state index in [4.69, 9.17) is 4.84 Å². The van der Waals surface area contributed by atoms with Crippen LogP contribution in [0.2, 0.25) is 0 Å². The van der Waals surface area contributed by atoms with Gasteiger partial charge in [0.1, 0.15) is 12.5 Å². The first kappa shape index (κ1) is 13.3. The molecule has 1 N–H and O–H groups in total. The van der Waals surface area contributed by atoms with Crippen LogP contribution >= 0.6 is 15.9 Å². The largest absolute Gasteiger partial charge is 0.381 e. The minimum atomic E-state index is -2.65. The lowest BCUT2D eigenvalue weighted by Crippen LogP contribution is -2.31. The molecule has 0 unspecified atom stereocenters. The van der Waals surface area contributed by atoms with Gasteiger partial charge in [-0.1, -0.05) is 0 Å². The van der Waals surface area contributed by atoms with E-state index in [0.717, 1.165) is 16.2 Å². The van der Waals surface area contributed by atoms with Crippen molar-refractivity contribution in [1.29, 1.82) is 0 Å². The van der Waals surface area contributed by atoms with Gasteiger partial charge >= 0.3 is 0 Å². The SMILES string of the molecule is Cc1nc2ncc(Br)cc2n1CN1NC=C(C(F)F)O1. The Morgan fingerprint density at radius 2 is 2.30 bits per heavy atom. The van der Waals surface area contributed by atoms with E-state index in [1.54, 1.807) is 6.20 Å². The molecule has 0 spiro atoms. The second-order valence-corrected chi connectivity index (χ2v) is 5.09. The maximum atomic E-state index is 12.5. The maximum absolute atomic E-state index is 12.5. The molecule has 9 heteroatoms. The molecule has 1 aliphatic rings. The van der Waals surface area contributed by atoms with Gasteiger partial charge in [0, 0.05) is 10.7 Å². The summed E-state index contributed by atoms with van der Waals surface area (Å²) in [5.74, 6) is 0.299. The number of hydrazine groups is 1. The molecule has 0 fully saturated rings. The third kappa shape index (κ3) is 2.34. The Labute approximate surface area is 121 Å². The number of allylic oxidation sites excluding steroid dienone is 1. The Morgan fingerprint density at radius 3 is 3.00 bits per heavy atom. The maximum Gasteiger partial charge on any atom is 0.298 e. The summed E-state index contributed by atoms with van der Waals surface area (Å²) >= 11 is 3.34. The van der Waals surface area contributed by atoms with Gasteiger partial charge in [0.15, 0.2) is 5.65 Å². The van der Waals surface area contributed by atoms with Gasteiger partial charge in [-0.3, -0.25) is 5.43 Å². The molecule has 106 valence electrons. The van der Waals surface area contributed by atoms with Crippen molar-refractivity contribution in [2.75, 3.05) is 0 Å². The minimum Gasteiger partial charge on any atom is -0.381 e. The summed E-state index contributed by atoms with van der Waals surface area (Å²) in [5.41, 5.74) is 4.00. The van der Waals surface area contributed by atoms with Crippen molar-refractivity contribution >= 4 is 27.1 Å². The van der Waals surface area contributed by atoms with Gasteiger partial charge in [-0.15, -0.1) is 0 Å². The van der Waals surface area contributed by atoms with E-state index in [-0.39, 0.29) is 6.67 Å². The Hall–Kier alpha value is -1.74. The average molecular weight is 346 g/mol. The molecule has 6 nitrogen and oxygen atoms in total. The molecule has 2 aromatic heterocycles. The van der Waals surface area contributed by atoms with E-state index in [9.17, 15) is 8.78 Å². The number of fused-ring (bicyclic) bond motifs is 1. The van der Waals surface area contributed by atoms with Gasteiger partial charge in [0.2, 0.25) is 5.76 Å². The van der Waals surface area contributed by atoms with Crippen LogP contribution in [0.5, 0.6) is 0 Å². The zero-order chi connectivity index (χ0) is 14.3. The molecule has 1 aliphatic heterocycles. The highest BCUT2D eigenvalue weighted by Gasteiger charge is 2.24. The molecule has 3 rings (SSSR count). The predicted molar refractivity (Wildman–Crippen MR) is 70.1 cm³/mol. The van der Waals surface area contributed by atoms with Crippen molar-refractivity contribution in [3.05, 3.63) is 34.5 Å². The van der Waals surface area contributed by atoms with Crippen LogP contribution in [-0.2, 0) is 11.5 Å². The third-order valence-electron chi connectivity index (χ3n) is 2.81. The van der Waals surface area contributed by atoms with Crippen LogP contribution in [-0.4, -0.2) is 26.1 Å². The fourth-order valence-electron chi connectivity index (χ4n) is 1.89. The highest BCUT2D eigenvalue weighted by Crippen LogP contribution is 2.21. The van der Waals surface area contributed by atoms with E-state index in [0.29, 0.717) is 11.5 Å². The number of nitrogens with zero attached hydrogens (tertiary/aromatic N) is 4. The fraction of sp³-hybridized carbons (Fsp3) is 0.273. The standard InChI is InChI=1S/C11H10BrF2N5O/c1-6-17-11-8(2-7(12)3-15-11)18(6)5-19-16-4-9(20-19)10(13)14/h2-4,10,16H,5H2,1H3. The van der Waals surface area contributed by atoms with Crippen LogP contribution in [0.25, 0.3) is 11.2 Å². The molecule has 0 amide bonds. The van der Waals surface area contributed by atoms with Gasteiger partial charge in [-0.25, -0.2) is 18.7 Å². The molecule has 0 radical (unpaired) electrons. The lowest BCUT2D eigenvalue weighted by molar-refractivity contribution is -0.164. The first-order valence-corrected chi connectivity index (χ1v) is 6.52. The molecule has 0 saturated heterocycles. The van der Waals surface area contributed by atoms with Crippen molar-refractivity contribution in [3.63, 3.8) is 0 Å². The zero-order valence-corrected chi connectivity index (χ0v) is 11.9. The molecule has 3 heterocycles. The monoisotopic (exact) mass is 345 g/mol. The second-order valence-electron chi connectivity index (χ2n) is 4.17. The number of aromatic nitrogens is 3. The van der Waals surface area contributed by atoms with Gasteiger partial charge in [-0.2, -0.15) is 0 Å². The van der Waals surface area contributed by atoms with E-state index in [2.05, 4.69) is 31.3 Å². The molecule has 2 aromatic rings. The number of nitrogens with one attached hydrogen (secondary N) is 1. The van der Waals surface area contributed by atoms with E-state index in [1.165, 1.54) is 5.17 Å². The number of hydroxylamine groups is 1. The summed E-state index contributed by atoms with van der Waals surface area (Å²) in [6.45, 7) is 2.01. The summed E-state index contributed by atoms with van der Waals surface area (Å²) in [6, 6.07) is 1.86. The first-order valence-electron chi connectivity index (χ1n) is 5.73. The van der Waals surface area contributed by atoms with Crippen molar-refractivity contribution in [2.45, 2.75) is 20.0 Å². The third-order valence-corrected chi connectivity index (χ3v) is 3.25. The Kier molecular flexibility index (Phi) is 3.30. The smallest absolute Gasteiger partial charge is 0.298 e. The highest BCUT2D eigenvalue weighted by molar-refractivity contribution is 9.10. The quantitative estimate of drug-likeness (QED) is 0.925. The lowest BCUT2D eigenvalue weighted by Gasteiger charge is -2.17. The van der Waals surface area contributed by atoms with Crippen molar-refractivity contribution < 1.29 is 13.6 Å². The average Bonchev–Trinajstić information content (AvgIpc) is 2.97.